The molecule has 0 bridgehead atoms. The number of likely N-dealkylation sites (tertiary alicyclic amines) is 1. The molecule has 1 unspecified atom stereocenters. The number of anilines is 1. The summed E-state index contributed by atoms with van der Waals surface area (Å²) in [6.45, 7) is 4.14. The zero-order chi connectivity index (χ0) is 22.9. The van der Waals surface area contributed by atoms with Gasteiger partial charge in [-0.25, -0.2) is 14.2 Å². The molecule has 3 aromatic rings. The van der Waals surface area contributed by atoms with Crippen LogP contribution < -0.4 is 14.8 Å². The first-order valence-electron chi connectivity index (χ1n) is 10.3. The van der Waals surface area contributed by atoms with Crippen molar-refractivity contribution < 1.29 is 18.7 Å². The number of halogens is 1. The van der Waals surface area contributed by atoms with Gasteiger partial charge in [-0.15, -0.1) is 11.3 Å². The van der Waals surface area contributed by atoms with Crippen molar-refractivity contribution in [1.29, 1.82) is 0 Å². The first-order valence-corrected chi connectivity index (χ1v) is 11.2. The highest BCUT2D eigenvalue weighted by atomic mass is 32.1. The fourth-order valence-corrected chi connectivity index (χ4v) is 5.20. The summed E-state index contributed by atoms with van der Waals surface area (Å²) in [6.07, 6.45) is 2.40. The van der Waals surface area contributed by atoms with Crippen LogP contribution in [0.25, 0.3) is 0 Å². The molecule has 0 radical (unpaired) electrons. The van der Waals surface area contributed by atoms with E-state index in [1.807, 2.05) is 18.4 Å². The standard InChI is InChI=1S/C24H26FN3O3S/c1-15-5-6-17(11-19(15)25)24(22-26-9-10-32-22)13-16(2)28(14-24)23(29)27-20-12-18(30-3)7-8-21(20)31-4/h5-12,16H,13-14H2,1-4H3,(H,27,29)/t16-,24?/m0/s1. The van der Waals surface area contributed by atoms with Crippen LogP contribution in [0.4, 0.5) is 14.9 Å². The van der Waals surface area contributed by atoms with Gasteiger partial charge in [0.2, 0.25) is 0 Å². The lowest BCUT2D eigenvalue weighted by molar-refractivity contribution is 0.208. The number of thiazole rings is 1. The number of rotatable bonds is 5. The Morgan fingerprint density at radius 3 is 2.72 bits per heavy atom. The van der Waals surface area contributed by atoms with Crippen molar-refractivity contribution in [2.45, 2.75) is 31.7 Å². The van der Waals surface area contributed by atoms with Crippen molar-refractivity contribution >= 4 is 23.1 Å². The maximum absolute atomic E-state index is 14.5. The minimum atomic E-state index is -0.572. The molecule has 1 aliphatic rings. The molecule has 0 spiro atoms. The van der Waals surface area contributed by atoms with E-state index < -0.39 is 5.41 Å². The summed E-state index contributed by atoms with van der Waals surface area (Å²) < 4.78 is 25.2. The lowest BCUT2D eigenvalue weighted by Crippen LogP contribution is -2.39. The van der Waals surface area contributed by atoms with Gasteiger partial charge in [-0.05, 0) is 49.6 Å². The van der Waals surface area contributed by atoms with Crippen molar-refractivity contribution in [2.75, 3.05) is 26.1 Å². The van der Waals surface area contributed by atoms with E-state index in [1.165, 1.54) is 11.3 Å². The van der Waals surface area contributed by atoms with Gasteiger partial charge in [0.25, 0.3) is 0 Å². The van der Waals surface area contributed by atoms with Gasteiger partial charge in [-0.1, -0.05) is 12.1 Å². The summed E-state index contributed by atoms with van der Waals surface area (Å²) in [5.74, 6) is 0.899. The summed E-state index contributed by atoms with van der Waals surface area (Å²) >= 11 is 1.53. The summed E-state index contributed by atoms with van der Waals surface area (Å²) in [6, 6.07) is 10.2. The van der Waals surface area contributed by atoms with E-state index in [0.29, 0.717) is 35.7 Å². The number of benzene rings is 2. The maximum Gasteiger partial charge on any atom is 0.322 e. The van der Waals surface area contributed by atoms with Crippen LogP contribution in [0, 0.1) is 12.7 Å². The number of aromatic nitrogens is 1. The van der Waals surface area contributed by atoms with Gasteiger partial charge in [0.05, 0.1) is 25.3 Å². The molecule has 0 saturated carbocycles. The molecule has 1 aliphatic heterocycles. The molecule has 168 valence electrons. The van der Waals surface area contributed by atoms with Crippen LogP contribution >= 0.6 is 11.3 Å². The minimum absolute atomic E-state index is 0.0835. The molecule has 1 fully saturated rings. The van der Waals surface area contributed by atoms with Crippen molar-refractivity contribution in [1.82, 2.24) is 9.88 Å². The van der Waals surface area contributed by atoms with Crippen LogP contribution in [0.3, 0.4) is 0 Å². The second kappa shape index (κ2) is 8.78. The number of ether oxygens (including phenoxy) is 2. The van der Waals surface area contributed by atoms with Crippen molar-refractivity contribution in [3.8, 4) is 11.5 Å². The van der Waals surface area contributed by atoms with Crippen LogP contribution in [0.1, 0.15) is 29.5 Å². The molecule has 0 aliphatic carbocycles. The fourth-order valence-electron chi connectivity index (χ4n) is 4.33. The fraction of sp³-hybridized carbons (Fsp3) is 0.333. The van der Waals surface area contributed by atoms with Crippen molar-refractivity contribution in [2.24, 2.45) is 0 Å². The zero-order valence-corrected chi connectivity index (χ0v) is 19.3. The normalized spacial score (nSPS) is 20.3. The van der Waals surface area contributed by atoms with Gasteiger partial charge in [0.15, 0.2) is 0 Å². The second-order valence-corrected chi connectivity index (χ2v) is 8.96. The third-order valence-corrected chi connectivity index (χ3v) is 7.07. The predicted molar refractivity (Wildman–Crippen MR) is 123 cm³/mol. The predicted octanol–water partition coefficient (Wildman–Crippen LogP) is 5.22. The number of hydrogen-bond acceptors (Lipinski definition) is 5. The Labute approximate surface area is 191 Å². The Kier molecular flexibility index (Phi) is 6.06. The van der Waals surface area contributed by atoms with Gasteiger partial charge < -0.3 is 19.7 Å². The van der Waals surface area contributed by atoms with Crippen molar-refractivity contribution in [3.05, 3.63) is 69.9 Å². The third-order valence-electron chi connectivity index (χ3n) is 6.09. The molecule has 4 rings (SSSR count). The molecule has 1 aromatic heterocycles. The van der Waals surface area contributed by atoms with Crippen LogP contribution in [0.2, 0.25) is 0 Å². The summed E-state index contributed by atoms with van der Waals surface area (Å²) in [4.78, 5) is 19.7. The van der Waals surface area contributed by atoms with E-state index in [1.54, 1.807) is 62.6 Å². The molecule has 2 heterocycles. The summed E-state index contributed by atoms with van der Waals surface area (Å²) in [5, 5.41) is 5.74. The maximum atomic E-state index is 14.5. The number of hydrogen-bond donors (Lipinski definition) is 1. The van der Waals surface area contributed by atoms with E-state index in [0.717, 1.165) is 10.6 Å². The van der Waals surface area contributed by atoms with Crippen LogP contribution in [0.5, 0.6) is 11.5 Å². The molecule has 1 N–H and O–H groups in total. The van der Waals surface area contributed by atoms with Gasteiger partial charge in [-0.3, -0.25) is 0 Å². The van der Waals surface area contributed by atoms with Gasteiger partial charge >= 0.3 is 6.03 Å². The highest BCUT2D eigenvalue weighted by Crippen LogP contribution is 2.45. The average molecular weight is 456 g/mol. The lowest BCUT2D eigenvalue weighted by Gasteiger charge is -2.28. The second-order valence-electron chi connectivity index (χ2n) is 8.06. The Hall–Kier alpha value is -3.13. The summed E-state index contributed by atoms with van der Waals surface area (Å²) in [7, 11) is 3.12. The Morgan fingerprint density at radius 2 is 2.06 bits per heavy atom. The first-order chi connectivity index (χ1) is 15.4. The highest BCUT2D eigenvalue weighted by Gasteiger charge is 2.48. The smallest absolute Gasteiger partial charge is 0.322 e. The number of aryl methyl sites for hydroxylation is 1. The number of amides is 2. The van der Waals surface area contributed by atoms with Gasteiger partial charge in [-0.2, -0.15) is 0 Å². The molecule has 2 amide bonds. The molecule has 1 saturated heterocycles. The zero-order valence-electron chi connectivity index (χ0n) is 18.5. The van der Waals surface area contributed by atoms with E-state index in [-0.39, 0.29) is 17.9 Å². The average Bonchev–Trinajstić information content (AvgIpc) is 3.44. The Morgan fingerprint density at radius 1 is 1.25 bits per heavy atom. The molecule has 6 nitrogen and oxygen atoms in total. The number of nitrogens with zero attached hydrogens (tertiary/aromatic N) is 2. The van der Waals surface area contributed by atoms with Crippen LogP contribution in [-0.4, -0.2) is 42.7 Å². The van der Waals surface area contributed by atoms with Crippen molar-refractivity contribution in [3.63, 3.8) is 0 Å². The molecule has 32 heavy (non-hydrogen) atoms. The van der Waals surface area contributed by atoms with E-state index in [9.17, 15) is 9.18 Å². The molecule has 2 aromatic carbocycles. The van der Waals surface area contributed by atoms with E-state index >= 15 is 0 Å². The Bertz CT molecular complexity index is 1120. The SMILES string of the molecule is COc1ccc(OC)c(NC(=O)N2CC(c3ccc(C)c(F)c3)(c3nccs3)C[C@@H]2C)c1. The summed E-state index contributed by atoms with van der Waals surface area (Å²) in [5.41, 5.74) is 1.38. The first kappa shape index (κ1) is 22.1. The number of carbonyl (C=O) groups excluding carboxylic acids is 1. The minimum Gasteiger partial charge on any atom is -0.497 e. The number of methoxy groups -OCH3 is 2. The quantitative estimate of drug-likeness (QED) is 0.573. The molecular formula is C24H26FN3O3S. The molecule has 8 heteroatoms. The largest absolute Gasteiger partial charge is 0.497 e. The Balaban J connectivity index is 1.67. The molecular weight excluding hydrogens is 429 g/mol. The lowest BCUT2D eigenvalue weighted by atomic mass is 9.78. The number of carbonyl (C=O) groups is 1. The van der Waals surface area contributed by atoms with E-state index in [4.69, 9.17) is 9.47 Å². The topological polar surface area (TPSA) is 63.7 Å². The highest BCUT2D eigenvalue weighted by molar-refractivity contribution is 7.09. The van der Waals surface area contributed by atoms with E-state index in [2.05, 4.69) is 10.3 Å². The monoisotopic (exact) mass is 455 g/mol. The van der Waals surface area contributed by atoms with Gasteiger partial charge in [0.1, 0.15) is 22.3 Å². The van der Waals surface area contributed by atoms with Gasteiger partial charge in [0, 0.05) is 30.2 Å². The molecule has 2 atom stereocenters. The number of nitrogens with one attached hydrogen (secondary N) is 1. The van der Waals surface area contributed by atoms with Crippen LogP contribution in [-0.2, 0) is 5.41 Å². The number of urea groups is 1. The third kappa shape index (κ3) is 3.90. The van der Waals surface area contributed by atoms with Crippen LogP contribution in [0.15, 0.2) is 48.0 Å².